The third-order valence-corrected chi connectivity index (χ3v) is 3.01. The van der Waals surface area contributed by atoms with E-state index in [4.69, 9.17) is 12.2 Å². The van der Waals surface area contributed by atoms with Crippen molar-refractivity contribution in [1.82, 2.24) is 5.32 Å². The van der Waals surface area contributed by atoms with Gasteiger partial charge in [-0.05, 0) is 19.1 Å². The predicted molar refractivity (Wildman–Crippen MR) is 74.7 cm³/mol. The van der Waals surface area contributed by atoms with E-state index in [-0.39, 0.29) is 22.2 Å². The quantitative estimate of drug-likeness (QED) is 0.714. The van der Waals surface area contributed by atoms with Gasteiger partial charge >= 0.3 is 0 Å². The number of carbonyl (C=O) groups is 1. The molecule has 94 valence electrons. The summed E-state index contributed by atoms with van der Waals surface area (Å²) in [4.78, 5) is 11.9. The summed E-state index contributed by atoms with van der Waals surface area (Å²) in [6.45, 7) is 2.44. The topological polar surface area (TPSA) is 61.4 Å². The minimum absolute atomic E-state index is 0.0448. The van der Waals surface area contributed by atoms with Crippen molar-refractivity contribution in [2.24, 2.45) is 0 Å². The zero-order valence-electron chi connectivity index (χ0n) is 9.99. The van der Waals surface area contributed by atoms with E-state index in [2.05, 4.69) is 10.6 Å². The molecule has 0 spiro atoms. The maximum atomic E-state index is 11.6. The summed E-state index contributed by atoms with van der Waals surface area (Å²) in [5.74, 6) is -0.285. The molecule has 0 aromatic heterocycles. The fraction of sp³-hybridized carbons (Fsp3) is 0.231. The van der Waals surface area contributed by atoms with Gasteiger partial charge in [-0.3, -0.25) is 4.79 Å². The average molecular weight is 262 g/mol. The Morgan fingerprint density at radius 1 is 1.39 bits per heavy atom. The number of aliphatic hydroxyl groups is 1. The van der Waals surface area contributed by atoms with Crippen LogP contribution in [-0.4, -0.2) is 22.5 Å². The Kier molecular flexibility index (Phi) is 3.62. The molecule has 1 aromatic rings. The van der Waals surface area contributed by atoms with Gasteiger partial charge in [-0.15, -0.1) is 0 Å². The molecule has 0 fully saturated rings. The van der Waals surface area contributed by atoms with Crippen LogP contribution >= 0.6 is 12.2 Å². The Hall–Kier alpha value is -1.88. The fourth-order valence-electron chi connectivity index (χ4n) is 1.70. The molecular formula is C13H14N2O2S. The van der Waals surface area contributed by atoms with Gasteiger partial charge in [0, 0.05) is 18.7 Å². The summed E-state index contributed by atoms with van der Waals surface area (Å²) < 4.78 is 0. The molecule has 1 aliphatic rings. The molecule has 4 nitrogen and oxygen atoms in total. The second-order valence-corrected chi connectivity index (χ2v) is 4.56. The van der Waals surface area contributed by atoms with Gasteiger partial charge in [0.1, 0.15) is 16.3 Å². The average Bonchev–Trinajstić information content (AvgIpc) is 2.32. The van der Waals surface area contributed by atoms with E-state index in [0.29, 0.717) is 13.0 Å². The highest BCUT2D eigenvalue weighted by Crippen LogP contribution is 2.16. The number of aryl methyl sites for hydroxylation is 1. The Bertz CT molecular complexity index is 520. The molecule has 0 atom stereocenters. The largest absolute Gasteiger partial charge is 0.511 e. The fourth-order valence-corrected chi connectivity index (χ4v) is 2.03. The molecule has 1 aromatic carbocycles. The highest BCUT2D eigenvalue weighted by molar-refractivity contribution is 7.81. The van der Waals surface area contributed by atoms with Crippen molar-refractivity contribution in [3.8, 4) is 0 Å². The Morgan fingerprint density at radius 3 is 2.67 bits per heavy atom. The number of rotatable bonds is 2. The maximum absolute atomic E-state index is 11.6. The Labute approximate surface area is 111 Å². The van der Waals surface area contributed by atoms with Gasteiger partial charge in [0.2, 0.25) is 0 Å². The van der Waals surface area contributed by atoms with Crippen molar-refractivity contribution in [3.63, 3.8) is 0 Å². The maximum Gasteiger partial charge on any atom is 0.257 e. The molecule has 5 heteroatoms. The van der Waals surface area contributed by atoms with E-state index in [9.17, 15) is 9.90 Å². The minimum atomic E-state index is -0.330. The minimum Gasteiger partial charge on any atom is -0.511 e. The molecule has 1 heterocycles. The van der Waals surface area contributed by atoms with Crippen LogP contribution in [0.4, 0.5) is 5.69 Å². The zero-order chi connectivity index (χ0) is 13.1. The highest BCUT2D eigenvalue weighted by Gasteiger charge is 2.23. The van der Waals surface area contributed by atoms with E-state index in [1.165, 1.54) is 0 Å². The van der Waals surface area contributed by atoms with Crippen molar-refractivity contribution in [3.05, 3.63) is 41.2 Å². The lowest BCUT2D eigenvalue weighted by Crippen LogP contribution is -2.36. The van der Waals surface area contributed by atoms with E-state index in [1.54, 1.807) is 0 Å². The van der Waals surface area contributed by atoms with Crippen LogP contribution in [-0.2, 0) is 4.79 Å². The lowest BCUT2D eigenvalue weighted by molar-refractivity contribution is -0.117. The van der Waals surface area contributed by atoms with Gasteiger partial charge in [-0.25, -0.2) is 0 Å². The van der Waals surface area contributed by atoms with E-state index in [0.717, 1.165) is 11.3 Å². The van der Waals surface area contributed by atoms with E-state index in [1.807, 2.05) is 31.2 Å². The monoisotopic (exact) mass is 262 g/mol. The normalized spacial score (nSPS) is 15.3. The number of anilines is 1. The van der Waals surface area contributed by atoms with E-state index < -0.39 is 0 Å². The lowest BCUT2D eigenvalue weighted by atomic mass is 10.1. The van der Waals surface area contributed by atoms with Crippen LogP contribution in [0.1, 0.15) is 12.0 Å². The number of aliphatic hydroxyl groups excluding tert-OH is 1. The molecule has 0 saturated heterocycles. The van der Waals surface area contributed by atoms with Crippen LogP contribution in [0, 0.1) is 6.92 Å². The molecule has 0 saturated carbocycles. The molecular weight excluding hydrogens is 248 g/mol. The van der Waals surface area contributed by atoms with Crippen molar-refractivity contribution in [2.45, 2.75) is 13.3 Å². The number of thiocarbonyl (C=S) groups is 1. The number of hydrogen-bond donors (Lipinski definition) is 3. The van der Waals surface area contributed by atoms with Crippen LogP contribution < -0.4 is 10.6 Å². The second kappa shape index (κ2) is 5.18. The highest BCUT2D eigenvalue weighted by atomic mass is 32.1. The summed E-state index contributed by atoms with van der Waals surface area (Å²) in [5, 5.41) is 15.3. The predicted octanol–water partition coefficient (Wildman–Crippen LogP) is 2.07. The van der Waals surface area contributed by atoms with Crippen LogP contribution in [0.15, 0.2) is 35.6 Å². The van der Waals surface area contributed by atoms with Gasteiger partial charge in [-0.2, -0.15) is 0 Å². The Balaban J connectivity index is 2.17. The molecule has 0 radical (unpaired) electrons. The van der Waals surface area contributed by atoms with Crippen molar-refractivity contribution in [1.29, 1.82) is 0 Å². The van der Waals surface area contributed by atoms with Crippen LogP contribution in [0.25, 0.3) is 0 Å². The first-order valence-corrected chi connectivity index (χ1v) is 6.07. The van der Waals surface area contributed by atoms with E-state index >= 15 is 0 Å². The van der Waals surface area contributed by atoms with Crippen molar-refractivity contribution in [2.75, 3.05) is 11.9 Å². The first-order chi connectivity index (χ1) is 8.58. The van der Waals surface area contributed by atoms with Gasteiger partial charge in [0.25, 0.3) is 5.91 Å². The van der Waals surface area contributed by atoms with Gasteiger partial charge in [0.15, 0.2) is 0 Å². The third kappa shape index (κ3) is 2.68. The summed E-state index contributed by atoms with van der Waals surface area (Å²) >= 11 is 5.15. The molecule has 2 rings (SSSR count). The second-order valence-electron chi connectivity index (χ2n) is 4.15. The number of hydrogen-bond acceptors (Lipinski definition) is 3. The van der Waals surface area contributed by atoms with Crippen LogP contribution in [0.5, 0.6) is 0 Å². The smallest absolute Gasteiger partial charge is 0.257 e. The van der Waals surface area contributed by atoms with Crippen LogP contribution in [0.2, 0.25) is 0 Å². The summed E-state index contributed by atoms with van der Waals surface area (Å²) in [5.41, 5.74) is 2.10. The summed E-state index contributed by atoms with van der Waals surface area (Å²) in [6.07, 6.45) is 0.413. The first-order valence-electron chi connectivity index (χ1n) is 5.66. The molecule has 1 amide bonds. The molecule has 0 aliphatic carbocycles. The Morgan fingerprint density at radius 2 is 2.06 bits per heavy atom. The molecule has 0 unspecified atom stereocenters. The molecule has 1 aliphatic heterocycles. The SMILES string of the molecule is Cc1ccc(NC(=S)C2=C(O)CCNC2=O)cc1. The number of carbonyl (C=O) groups excluding carboxylic acids is 1. The summed E-state index contributed by atoms with van der Waals surface area (Å²) in [7, 11) is 0. The van der Waals surface area contributed by atoms with Gasteiger partial charge < -0.3 is 15.7 Å². The number of nitrogens with one attached hydrogen (secondary N) is 2. The summed E-state index contributed by atoms with van der Waals surface area (Å²) in [6, 6.07) is 7.64. The molecule has 3 N–H and O–H groups in total. The number of benzene rings is 1. The lowest BCUT2D eigenvalue weighted by Gasteiger charge is -2.18. The molecule has 0 bridgehead atoms. The van der Waals surface area contributed by atoms with Crippen LogP contribution in [0.3, 0.4) is 0 Å². The van der Waals surface area contributed by atoms with Crippen molar-refractivity contribution < 1.29 is 9.90 Å². The third-order valence-electron chi connectivity index (χ3n) is 2.70. The first kappa shape index (κ1) is 12.6. The van der Waals surface area contributed by atoms with Gasteiger partial charge in [-0.1, -0.05) is 29.9 Å². The van der Waals surface area contributed by atoms with Crippen molar-refractivity contribution >= 4 is 28.8 Å². The zero-order valence-corrected chi connectivity index (χ0v) is 10.8. The standard InChI is InChI=1S/C13H14N2O2S/c1-8-2-4-9(5-3-8)15-13(18)11-10(16)6-7-14-12(11)17/h2-5,16H,6-7H2,1H3,(H,14,17)(H,15,18). The van der Waals surface area contributed by atoms with Gasteiger partial charge in [0.05, 0.1) is 0 Å². The number of amides is 1. The molecule has 18 heavy (non-hydrogen) atoms.